The van der Waals surface area contributed by atoms with Crippen molar-refractivity contribution in [3.05, 3.63) is 60.0 Å². The second kappa shape index (κ2) is 7.15. The molecule has 1 aliphatic rings. The van der Waals surface area contributed by atoms with Gasteiger partial charge in [-0.25, -0.2) is 4.98 Å². The minimum Gasteiger partial charge on any atom is -0.497 e. The van der Waals surface area contributed by atoms with Crippen molar-refractivity contribution in [3.63, 3.8) is 0 Å². The van der Waals surface area contributed by atoms with Crippen LogP contribution in [-0.2, 0) is 13.0 Å². The van der Waals surface area contributed by atoms with Crippen molar-refractivity contribution in [1.29, 1.82) is 0 Å². The van der Waals surface area contributed by atoms with Crippen LogP contribution in [0.2, 0.25) is 0 Å². The number of hydrogen-bond acceptors (Lipinski definition) is 4. The number of methoxy groups -OCH3 is 2. The second-order valence-corrected chi connectivity index (χ2v) is 6.45. The fraction of sp³-hybridized carbons (Fsp3) is 0.238. The van der Waals surface area contributed by atoms with Crippen molar-refractivity contribution in [2.75, 3.05) is 19.5 Å². The Bertz CT molecular complexity index is 955. The Labute approximate surface area is 157 Å². The molecule has 138 valence electrons. The van der Waals surface area contributed by atoms with Crippen molar-refractivity contribution in [2.24, 2.45) is 0 Å². The van der Waals surface area contributed by atoms with Gasteiger partial charge >= 0.3 is 0 Å². The average Bonchev–Trinajstić information content (AvgIpc) is 3.32. The number of fused-ring (bicyclic) bond motifs is 1. The van der Waals surface area contributed by atoms with Gasteiger partial charge < -0.3 is 19.4 Å². The number of rotatable bonds is 5. The maximum Gasteiger partial charge on any atom is 0.255 e. The minimum atomic E-state index is -0.217. The van der Waals surface area contributed by atoms with Gasteiger partial charge in [0.1, 0.15) is 17.3 Å². The van der Waals surface area contributed by atoms with E-state index in [-0.39, 0.29) is 5.91 Å². The van der Waals surface area contributed by atoms with Gasteiger partial charge in [0, 0.05) is 30.3 Å². The van der Waals surface area contributed by atoms with Crippen LogP contribution < -0.4 is 14.8 Å². The van der Waals surface area contributed by atoms with E-state index in [4.69, 9.17) is 9.47 Å². The van der Waals surface area contributed by atoms with Crippen LogP contribution in [0, 0.1) is 0 Å². The lowest BCUT2D eigenvalue weighted by molar-refractivity contribution is 0.102. The Kier molecular flexibility index (Phi) is 4.54. The monoisotopic (exact) mass is 363 g/mol. The summed E-state index contributed by atoms with van der Waals surface area (Å²) in [6.07, 6.45) is 4.11. The summed E-state index contributed by atoms with van der Waals surface area (Å²) in [5.74, 6) is 2.08. The normalized spacial score (nSPS) is 12.5. The maximum atomic E-state index is 12.6. The molecule has 0 fully saturated rings. The lowest BCUT2D eigenvalue weighted by atomic mass is 10.1. The number of nitrogens with zero attached hydrogens (tertiary/aromatic N) is 2. The highest BCUT2D eigenvalue weighted by Gasteiger charge is 2.16. The van der Waals surface area contributed by atoms with Crippen molar-refractivity contribution in [1.82, 2.24) is 9.55 Å². The summed E-state index contributed by atoms with van der Waals surface area (Å²) >= 11 is 0. The molecule has 2 aromatic carbocycles. The average molecular weight is 363 g/mol. The fourth-order valence-corrected chi connectivity index (χ4v) is 3.35. The van der Waals surface area contributed by atoms with Gasteiger partial charge in [-0.05, 0) is 36.2 Å². The number of nitrogens with one attached hydrogen (secondary N) is 1. The molecule has 0 radical (unpaired) electrons. The van der Waals surface area contributed by atoms with Gasteiger partial charge in [0.05, 0.1) is 26.1 Å². The fourth-order valence-electron chi connectivity index (χ4n) is 3.35. The van der Waals surface area contributed by atoms with Crippen LogP contribution in [0.15, 0.2) is 48.7 Å². The van der Waals surface area contributed by atoms with E-state index < -0.39 is 0 Å². The first kappa shape index (κ1) is 17.1. The zero-order valence-corrected chi connectivity index (χ0v) is 15.4. The summed E-state index contributed by atoms with van der Waals surface area (Å²) in [6, 6.07) is 12.9. The second-order valence-electron chi connectivity index (χ2n) is 6.45. The number of ether oxygens (including phenoxy) is 2. The van der Waals surface area contributed by atoms with Gasteiger partial charge in [0.15, 0.2) is 0 Å². The predicted molar refractivity (Wildman–Crippen MR) is 103 cm³/mol. The summed E-state index contributed by atoms with van der Waals surface area (Å²) in [5.41, 5.74) is 3.42. The molecule has 0 unspecified atom stereocenters. The lowest BCUT2D eigenvalue weighted by Crippen LogP contribution is -2.12. The third kappa shape index (κ3) is 3.38. The first-order chi connectivity index (χ1) is 13.2. The van der Waals surface area contributed by atoms with E-state index in [1.54, 1.807) is 32.4 Å². The highest BCUT2D eigenvalue weighted by atomic mass is 16.5. The van der Waals surface area contributed by atoms with Gasteiger partial charge in [0.25, 0.3) is 5.91 Å². The molecule has 0 spiro atoms. The van der Waals surface area contributed by atoms with Crippen LogP contribution in [0.5, 0.6) is 11.5 Å². The number of hydrogen-bond donors (Lipinski definition) is 1. The highest BCUT2D eigenvalue weighted by Crippen LogP contribution is 2.27. The molecule has 6 heteroatoms. The van der Waals surface area contributed by atoms with Crippen LogP contribution in [0.25, 0.3) is 11.3 Å². The molecule has 27 heavy (non-hydrogen) atoms. The lowest BCUT2D eigenvalue weighted by Gasteiger charge is -2.10. The predicted octanol–water partition coefficient (Wildman–Crippen LogP) is 3.77. The van der Waals surface area contributed by atoms with Crippen molar-refractivity contribution in [3.8, 4) is 22.8 Å². The van der Waals surface area contributed by atoms with Gasteiger partial charge in [-0.15, -0.1) is 0 Å². The number of carbonyl (C=O) groups excluding carboxylic acids is 1. The third-order valence-electron chi connectivity index (χ3n) is 4.77. The molecule has 1 N–H and O–H groups in total. The Balaban J connectivity index is 1.52. The SMILES string of the molecule is COc1cc(OC)cc(C(=O)Nc2ccc(-c3cnc4n3CCC4)cc2)c1. The summed E-state index contributed by atoms with van der Waals surface area (Å²) in [5, 5.41) is 2.91. The van der Waals surface area contributed by atoms with Crippen LogP contribution in [-0.4, -0.2) is 29.7 Å². The van der Waals surface area contributed by atoms with E-state index in [2.05, 4.69) is 14.9 Å². The number of aromatic nitrogens is 2. The molecular formula is C21H21N3O3. The van der Waals surface area contributed by atoms with Crippen molar-refractivity contribution >= 4 is 11.6 Å². The quantitative estimate of drug-likeness (QED) is 0.749. The molecule has 0 aliphatic carbocycles. The number of imidazole rings is 1. The Morgan fingerprint density at radius 1 is 1.07 bits per heavy atom. The molecule has 0 saturated carbocycles. The number of benzene rings is 2. The van der Waals surface area contributed by atoms with Gasteiger partial charge in [0.2, 0.25) is 0 Å². The van der Waals surface area contributed by atoms with Crippen LogP contribution in [0.1, 0.15) is 22.6 Å². The molecule has 3 aromatic rings. The van der Waals surface area contributed by atoms with Gasteiger partial charge in [-0.1, -0.05) is 12.1 Å². The highest BCUT2D eigenvalue weighted by molar-refractivity contribution is 6.04. The van der Waals surface area contributed by atoms with E-state index in [0.717, 1.165) is 42.2 Å². The first-order valence-corrected chi connectivity index (χ1v) is 8.87. The molecule has 1 aromatic heterocycles. The molecule has 4 rings (SSSR count). The number of carbonyl (C=O) groups is 1. The third-order valence-corrected chi connectivity index (χ3v) is 4.77. The molecule has 0 atom stereocenters. The van der Waals surface area contributed by atoms with Crippen molar-refractivity contribution in [2.45, 2.75) is 19.4 Å². The minimum absolute atomic E-state index is 0.217. The van der Waals surface area contributed by atoms with Gasteiger partial charge in [-0.3, -0.25) is 4.79 Å². The molecule has 1 aliphatic heterocycles. The topological polar surface area (TPSA) is 65.4 Å². The molecular weight excluding hydrogens is 342 g/mol. The molecule has 0 saturated heterocycles. The smallest absolute Gasteiger partial charge is 0.255 e. The largest absolute Gasteiger partial charge is 0.497 e. The molecule has 2 heterocycles. The van der Waals surface area contributed by atoms with Crippen LogP contribution in [0.4, 0.5) is 5.69 Å². The van der Waals surface area contributed by atoms with Gasteiger partial charge in [-0.2, -0.15) is 0 Å². The Morgan fingerprint density at radius 3 is 2.44 bits per heavy atom. The number of amides is 1. The van der Waals surface area contributed by atoms with E-state index in [9.17, 15) is 4.79 Å². The van der Waals surface area contributed by atoms with E-state index in [1.807, 2.05) is 30.5 Å². The van der Waals surface area contributed by atoms with Crippen LogP contribution in [0.3, 0.4) is 0 Å². The standard InChI is InChI=1S/C21H21N3O3/c1-26-17-10-15(11-18(12-17)27-2)21(25)23-16-7-5-14(6-8-16)19-13-22-20-4-3-9-24(19)20/h5-8,10-13H,3-4,9H2,1-2H3,(H,23,25). The number of anilines is 1. The summed E-state index contributed by atoms with van der Waals surface area (Å²) in [4.78, 5) is 17.1. The summed E-state index contributed by atoms with van der Waals surface area (Å²) in [7, 11) is 3.12. The Morgan fingerprint density at radius 2 is 1.78 bits per heavy atom. The van der Waals surface area contributed by atoms with E-state index in [0.29, 0.717) is 17.1 Å². The molecule has 0 bridgehead atoms. The summed E-state index contributed by atoms with van der Waals surface area (Å²) in [6.45, 7) is 1.01. The van der Waals surface area contributed by atoms with Crippen molar-refractivity contribution < 1.29 is 14.3 Å². The maximum absolute atomic E-state index is 12.6. The summed E-state index contributed by atoms with van der Waals surface area (Å²) < 4.78 is 12.7. The van der Waals surface area contributed by atoms with E-state index in [1.165, 1.54) is 0 Å². The molecule has 6 nitrogen and oxygen atoms in total. The molecule has 1 amide bonds. The number of aryl methyl sites for hydroxylation is 1. The first-order valence-electron chi connectivity index (χ1n) is 8.87. The van der Waals surface area contributed by atoms with E-state index >= 15 is 0 Å². The van der Waals surface area contributed by atoms with Crippen LogP contribution >= 0.6 is 0 Å². The zero-order chi connectivity index (χ0) is 18.8. The Hall–Kier alpha value is -3.28. The zero-order valence-electron chi connectivity index (χ0n) is 15.4.